The molecule has 1 amide bonds. The molecule has 0 heterocycles. The van der Waals surface area contributed by atoms with Gasteiger partial charge in [0.15, 0.2) is 0 Å². The van der Waals surface area contributed by atoms with E-state index in [-0.39, 0.29) is 11.7 Å². The molecule has 1 fully saturated rings. The third kappa shape index (κ3) is 1.93. The largest absolute Gasteiger partial charge is 0.293 e. The van der Waals surface area contributed by atoms with Gasteiger partial charge in [0, 0.05) is 0 Å². The predicted octanol–water partition coefficient (Wildman–Crippen LogP) is 1.94. The Morgan fingerprint density at radius 2 is 2.06 bits per heavy atom. The molecule has 4 heteroatoms. The van der Waals surface area contributed by atoms with Crippen molar-refractivity contribution in [2.45, 2.75) is 38.0 Å². The van der Waals surface area contributed by atoms with Crippen LogP contribution in [0.25, 0.3) is 0 Å². The van der Waals surface area contributed by atoms with E-state index < -0.39 is 5.41 Å². The summed E-state index contributed by atoms with van der Waals surface area (Å²) in [5, 5.41) is 0. The Labute approximate surface area is 100 Å². The summed E-state index contributed by atoms with van der Waals surface area (Å²) < 4.78 is 13.3. The summed E-state index contributed by atoms with van der Waals surface area (Å²) >= 11 is 0. The maximum Gasteiger partial charge on any atom is 0.244 e. The standard InChI is InChI=1S/C13H17FN2O/c1-9-8-10(4-5-11(9)14)13(12(17)16-15)6-2-3-7-13/h4-5,8H,2-3,6-7,15H2,1H3,(H,16,17). The van der Waals surface area contributed by atoms with Crippen molar-refractivity contribution in [3.05, 3.63) is 35.1 Å². The van der Waals surface area contributed by atoms with E-state index in [1.807, 2.05) is 0 Å². The fourth-order valence-corrected chi connectivity index (χ4v) is 2.71. The molecular weight excluding hydrogens is 219 g/mol. The molecule has 2 rings (SSSR count). The highest BCUT2D eigenvalue weighted by molar-refractivity contribution is 5.88. The number of hydrazine groups is 1. The molecule has 1 saturated carbocycles. The molecule has 1 aliphatic carbocycles. The van der Waals surface area contributed by atoms with Crippen LogP contribution in [0, 0.1) is 12.7 Å². The maximum absolute atomic E-state index is 13.3. The van der Waals surface area contributed by atoms with Gasteiger partial charge in [-0.2, -0.15) is 0 Å². The van der Waals surface area contributed by atoms with E-state index in [4.69, 9.17) is 5.84 Å². The topological polar surface area (TPSA) is 55.1 Å². The monoisotopic (exact) mass is 236 g/mol. The molecule has 0 saturated heterocycles. The molecule has 0 atom stereocenters. The van der Waals surface area contributed by atoms with E-state index in [0.29, 0.717) is 5.56 Å². The number of aryl methyl sites for hydroxylation is 1. The van der Waals surface area contributed by atoms with Gasteiger partial charge in [0.25, 0.3) is 0 Å². The van der Waals surface area contributed by atoms with Crippen molar-refractivity contribution in [3.8, 4) is 0 Å². The molecule has 92 valence electrons. The zero-order valence-corrected chi connectivity index (χ0v) is 9.92. The molecule has 3 N–H and O–H groups in total. The van der Waals surface area contributed by atoms with Crippen LogP contribution in [-0.4, -0.2) is 5.91 Å². The SMILES string of the molecule is Cc1cc(C2(C(=O)NN)CCCC2)ccc1F. The Morgan fingerprint density at radius 1 is 1.41 bits per heavy atom. The maximum atomic E-state index is 13.3. The number of nitrogens with two attached hydrogens (primary N) is 1. The van der Waals surface area contributed by atoms with Crippen molar-refractivity contribution in [1.29, 1.82) is 0 Å². The second-order valence-electron chi connectivity index (χ2n) is 4.73. The summed E-state index contributed by atoms with van der Waals surface area (Å²) in [5.74, 6) is 4.86. The summed E-state index contributed by atoms with van der Waals surface area (Å²) in [6, 6.07) is 4.88. The number of benzene rings is 1. The van der Waals surface area contributed by atoms with Crippen molar-refractivity contribution in [2.24, 2.45) is 5.84 Å². The lowest BCUT2D eigenvalue weighted by molar-refractivity contribution is -0.126. The first-order chi connectivity index (χ1) is 8.10. The van der Waals surface area contributed by atoms with Gasteiger partial charge >= 0.3 is 0 Å². The van der Waals surface area contributed by atoms with Gasteiger partial charge in [-0.1, -0.05) is 25.0 Å². The van der Waals surface area contributed by atoms with Crippen molar-refractivity contribution >= 4 is 5.91 Å². The van der Waals surface area contributed by atoms with E-state index >= 15 is 0 Å². The van der Waals surface area contributed by atoms with Crippen LogP contribution in [0.5, 0.6) is 0 Å². The Hall–Kier alpha value is -1.42. The molecule has 0 aliphatic heterocycles. The van der Waals surface area contributed by atoms with E-state index in [9.17, 15) is 9.18 Å². The number of halogens is 1. The highest BCUT2D eigenvalue weighted by Gasteiger charge is 2.42. The summed E-state index contributed by atoms with van der Waals surface area (Å²) in [5.41, 5.74) is 3.13. The number of amides is 1. The van der Waals surface area contributed by atoms with Crippen LogP contribution >= 0.6 is 0 Å². The molecule has 1 aromatic rings. The summed E-state index contributed by atoms with van der Waals surface area (Å²) in [7, 11) is 0. The van der Waals surface area contributed by atoms with Gasteiger partial charge in [-0.15, -0.1) is 0 Å². The van der Waals surface area contributed by atoms with Crippen molar-refractivity contribution in [2.75, 3.05) is 0 Å². The average Bonchev–Trinajstić information content (AvgIpc) is 2.82. The zero-order valence-electron chi connectivity index (χ0n) is 9.92. The number of carbonyl (C=O) groups excluding carboxylic acids is 1. The van der Waals surface area contributed by atoms with Crippen LogP contribution in [0.4, 0.5) is 4.39 Å². The Morgan fingerprint density at radius 3 is 2.59 bits per heavy atom. The number of rotatable bonds is 2. The fraction of sp³-hybridized carbons (Fsp3) is 0.462. The highest BCUT2D eigenvalue weighted by atomic mass is 19.1. The Bertz CT molecular complexity index is 439. The van der Waals surface area contributed by atoms with Crippen LogP contribution in [-0.2, 0) is 10.2 Å². The van der Waals surface area contributed by atoms with E-state index in [1.54, 1.807) is 19.1 Å². The van der Waals surface area contributed by atoms with Crippen LogP contribution in [0.2, 0.25) is 0 Å². The number of hydrogen-bond acceptors (Lipinski definition) is 2. The third-order valence-corrected chi connectivity index (χ3v) is 3.73. The number of nitrogens with one attached hydrogen (secondary N) is 1. The third-order valence-electron chi connectivity index (χ3n) is 3.73. The van der Waals surface area contributed by atoms with Crippen molar-refractivity contribution in [1.82, 2.24) is 5.43 Å². The minimum Gasteiger partial charge on any atom is -0.293 e. The Balaban J connectivity index is 2.46. The molecule has 0 unspecified atom stereocenters. The first kappa shape index (κ1) is 12.0. The van der Waals surface area contributed by atoms with Crippen LogP contribution < -0.4 is 11.3 Å². The number of hydrogen-bond donors (Lipinski definition) is 2. The second kappa shape index (κ2) is 4.45. The molecule has 0 aromatic heterocycles. The molecule has 1 aliphatic rings. The van der Waals surface area contributed by atoms with Gasteiger partial charge in [0.1, 0.15) is 5.82 Å². The van der Waals surface area contributed by atoms with E-state index in [1.165, 1.54) is 6.07 Å². The lowest BCUT2D eigenvalue weighted by Crippen LogP contribution is -2.45. The Kier molecular flexibility index (Phi) is 3.15. The first-order valence-electron chi connectivity index (χ1n) is 5.88. The quantitative estimate of drug-likeness (QED) is 0.468. The molecular formula is C13H17FN2O. The molecule has 17 heavy (non-hydrogen) atoms. The first-order valence-corrected chi connectivity index (χ1v) is 5.88. The van der Waals surface area contributed by atoms with Crippen molar-refractivity contribution in [3.63, 3.8) is 0 Å². The van der Waals surface area contributed by atoms with Crippen molar-refractivity contribution < 1.29 is 9.18 Å². The minimum atomic E-state index is -0.562. The molecule has 1 aromatic carbocycles. The van der Waals surface area contributed by atoms with E-state index in [2.05, 4.69) is 5.43 Å². The molecule has 0 bridgehead atoms. The lowest BCUT2D eigenvalue weighted by Gasteiger charge is -2.27. The van der Waals surface area contributed by atoms with Gasteiger partial charge in [0.2, 0.25) is 5.91 Å². The second-order valence-corrected chi connectivity index (χ2v) is 4.73. The summed E-state index contributed by atoms with van der Waals surface area (Å²) in [6.45, 7) is 1.71. The average molecular weight is 236 g/mol. The minimum absolute atomic E-state index is 0.166. The molecule has 0 spiro atoms. The molecule has 0 radical (unpaired) electrons. The van der Waals surface area contributed by atoms with Gasteiger partial charge in [0.05, 0.1) is 5.41 Å². The normalized spacial score (nSPS) is 18.1. The fourth-order valence-electron chi connectivity index (χ4n) is 2.71. The van der Waals surface area contributed by atoms with Gasteiger partial charge in [-0.05, 0) is 37.0 Å². The van der Waals surface area contributed by atoms with Crippen LogP contribution in [0.3, 0.4) is 0 Å². The van der Waals surface area contributed by atoms with E-state index in [0.717, 1.165) is 31.2 Å². The summed E-state index contributed by atoms with van der Waals surface area (Å²) in [4.78, 5) is 12.0. The van der Waals surface area contributed by atoms with Gasteiger partial charge in [-0.25, -0.2) is 10.2 Å². The highest BCUT2D eigenvalue weighted by Crippen LogP contribution is 2.41. The van der Waals surface area contributed by atoms with Gasteiger partial charge in [-0.3, -0.25) is 10.2 Å². The zero-order chi connectivity index (χ0) is 12.5. The molecule has 3 nitrogen and oxygen atoms in total. The van der Waals surface area contributed by atoms with Crippen LogP contribution in [0.1, 0.15) is 36.8 Å². The van der Waals surface area contributed by atoms with Crippen LogP contribution in [0.15, 0.2) is 18.2 Å². The van der Waals surface area contributed by atoms with Gasteiger partial charge < -0.3 is 0 Å². The summed E-state index contributed by atoms with van der Waals surface area (Å²) in [6.07, 6.45) is 3.57. The lowest BCUT2D eigenvalue weighted by atomic mass is 9.77. The smallest absolute Gasteiger partial charge is 0.244 e. The predicted molar refractivity (Wildman–Crippen MR) is 63.6 cm³/mol. The number of carbonyl (C=O) groups is 1.